The zero-order chi connectivity index (χ0) is 13.3. The molecule has 0 amide bonds. The molecule has 0 aliphatic carbocycles. The maximum atomic E-state index is 12.4. The number of nitrogens with zero attached hydrogens (tertiary/aromatic N) is 3. The van der Waals surface area contributed by atoms with Gasteiger partial charge < -0.3 is 0 Å². The number of benzene rings is 1. The summed E-state index contributed by atoms with van der Waals surface area (Å²) in [5.74, 6) is 0.437. The van der Waals surface area contributed by atoms with Crippen molar-refractivity contribution < 1.29 is 13.2 Å². The van der Waals surface area contributed by atoms with Gasteiger partial charge in [-0.05, 0) is 31.2 Å². The standard InChI is InChI=1S/C11H10F3N3S/c1-7-10(6-18)16-17(15-7)9-4-2-8(3-5-9)11(12,13)14/h2-5,18H,6H2,1H3. The van der Waals surface area contributed by atoms with Crippen molar-refractivity contribution in [2.45, 2.75) is 18.9 Å². The van der Waals surface area contributed by atoms with E-state index in [0.29, 0.717) is 22.8 Å². The lowest BCUT2D eigenvalue weighted by atomic mass is 10.2. The van der Waals surface area contributed by atoms with Crippen LogP contribution < -0.4 is 0 Å². The summed E-state index contributed by atoms with van der Waals surface area (Å²) < 4.78 is 37.2. The second-order valence-electron chi connectivity index (χ2n) is 3.72. The molecule has 0 N–H and O–H groups in total. The Morgan fingerprint density at radius 3 is 2.22 bits per heavy atom. The molecular formula is C11H10F3N3S. The van der Waals surface area contributed by atoms with Crippen molar-refractivity contribution in [1.29, 1.82) is 0 Å². The van der Waals surface area contributed by atoms with Gasteiger partial charge in [0.05, 0.1) is 22.6 Å². The van der Waals surface area contributed by atoms with Crippen LogP contribution in [0.4, 0.5) is 13.2 Å². The second-order valence-corrected chi connectivity index (χ2v) is 4.04. The molecule has 0 aliphatic heterocycles. The number of aryl methyl sites for hydroxylation is 1. The SMILES string of the molecule is Cc1nn(-c2ccc(C(F)(F)F)cc2)nc1CS. The lowest BCUT2D eigenvalue weighted by Gasteiger charge is -2.06. The number of rotatable bonds is 2. The fourth-order valence-corrected chi connectivity index (χ4v) is 1.75. The average Bonchev–Trinajstić information content (AvgIpc) is 2.69. The number of hydrogen-bond donors (Lipinski definition) is 1. The summed E-state index contributed by atoms with van der Waals surface area (Å²) in [5, 5.41) is 8.26. The highest BCUT2D eigenvalue weighted by Gasteiger charge is 2.30. The molecule has 2 rings (SSSR count). The highest BCUT2D eigenvalue weighted by molar-refractivity contribution is 7.79. The Morgan fingerprint density at radius 2 is 1.78 bits per heavy atom. The van der Waals surface area contributed by atoms with E-state index in [1.807, 2.05) is 0 Å². The molecule has 0 unspecified atom stereocenters. The van der Waals surface area contributed by atoms with Crippen molar-refractivity contribution in [2.75, 3.05) is 0 Å². The van der Waals surface area contributed by atoms with Crippen molar-refractivity contribution in [2.24, 2.45) is 0 Å². The predicted molar refractivity (Wildman–Crippen MR) is 63.8 cm³/mol. The van der Waals surface area contributed by atoms with Crippen molar-refractivity contribution in [1.82, 2.24) is 15.0 Å². The average molecular weight is 273 g/mol. The van der Waals surface area contributed by atoms with Crippen LogP contribution in [-0.2, 0) is 11.9 Å². The number of aromatic nitrogens is 3. The van der Waals surface area contributed by atoms with Gasteiger partial charge in [-0.25, -0.2) is 0 Å². The first-order chi connectivity index (χ1) is 8.41. The van der Waals surface area contributed by atoms with E-state index in [1.54, 1.807) is 6.92 Å². The molecule has 96 valence electrons. The molecular weight excluding hydrogens is 263 g/mol. The highest BCUT2D eigenvalue weighted by Crippen LogP contribution is 2.29. The molecule has 0 bridgehead atoms. The Labute approximate surface area is 107 Å². The van der Waals surface area contributed by atoms with Gasteiger partial charge in [-0.1, -0.05) is 0 Å². The van der Waals surface area contributed by atoms with Crippen LogP contribution >= 0.6 is 12.6 Å². The molecule has 0 atom stereocenters. The molecule has 0 aliphatic rings. The van der Waals surface area contributed by atoms with Crippen molar-refractivity contribution in [3.05, 3.63) is 41.2 Å². The molecule has 0 saturated carbocycles. The van der Waals surface area contributed by atoms with Gasteiger partial charge >= 0.3 is 6.18 Å². The number of halogens is 3. The number of thiol groups is 1. The molecule has 0 fully saturated rings. The fourth-order valence-electron chi connectivity index (χ4n) is 1.45. The third-order valence-corrected chi connectivity index (χ3v) is 2.75. The first kappa shape index (κ1) is 12.9. The lowest BCUT2D eigenvalue weighted by molar-refractivity contribution is -0.137. The Balaban J connectivity index is 2.34. The molecule has 1 heterocycles. The van der Waals surface area contributed by atoms with E-state index < -0.39 is 11.7 Å². The second kappa shape index (κ2) is 4.64. The van der Waals surface area contributed by atoms with E-state index in [0.717, 1.165) is 12.1 Å². The first-order valence-corrected chi connectivity index (χ1v) is 5.76. The minimum Gasteiger partial charge on any atom is -0.173 e. The Bertz CT molecular complexity index is 546. The molecule has 1 aromatic heterocycles. The summed E-state index contributed by atoms with van der Waals surface area (Å²) >= 11 is 4.10. The maximum Gasteiger partial charge on any atom is 0.416 e. The van der Waals surface area contributed by atoms with Crippen LogP contribution in [0, 0.1) is 6.92 Å². The van der Waals surface area contributed by atoms with Crippen molar-refractivity contribution in [3.8, 4) is 5.69 Å². The van der Waals surface area contributed by atoms with Gasteiger partial charge in [0, 0.05) is 5.75 Å². The summed E-state index contributed by atoms with van der Waals surface area (Å²) in [6, 6.07) is 4.69. The molecule has 1 aromatic carbocycles. The lowest BCUT2D eigenvalue weighted by Crippen LogP contribution is -2.06. The molecule has 18 heavy (non-hydrogen) atoms. The molecule has 3 nitrogen and oxygen atoms in total. The van der Waals surface area contributed by atoms with Crippen LogP contribution in [0.15, 0.2) is 24.3 Å². The van der Waals surface area contributed by atoms with E-state index in [9.17, 15) is 13.2 Å². The van der Waals surface area contributed by atoms with E-state index in [2.05, 4.69) is 22.8 Å². The fraction of sp³-hybridized carbons (Fsp3) is 0.273. The quantitative estimate of drug-likeness (QED) is 0.853. The summed E-state index contributed by atoms with van der Waals surface area (Å²) in [5.41, 5.74) is 1.21. The minimum atomic E-state index is -4.33. The van der Waals surface area contributed by atoms with Gasteiger partial charge in [0.2, 0.25) is 0 Å². The summed E-state index contributed by atoms with van der Waals surface area (Å²) in [7, 11) is 0. The van der Waals surface area contributed by atoms with Crippen molar-refractivity contribution >= 4 is 12.6 Å². The topological polar surface area (TPSA) is 30.7 Å². The minimum absolute atomic E-state index is 0.437. The van der Waals surface area contributed by atoms with Gasteiger partial charge in [-0.2, -0.15) is 40.8 Å². The number of alkyl halides is 3. The Hall–Kier alpha value is -1.50. The van der Waals surface area contributed by atoms with Gasteiger partial charge in [-0.15, -0.1) is 0 Å². The Morgan fingerprint density at radius 1 is 1.17 bits per heavy atom. The van der Waals surface area contributed by atoms with Gasteiger partial charge in [0.25, 0.3) is 0 Å². The molecule has 0 radical (unpaired) electrons. The highest BCUT2D eigenvalue weighted by atomic mass is 32.1. The summed E-state index contributed by atoms with van der Waals surface area (Å²) in [6.45, 7) is 1.78. The zero-order valence-electron chi connectivity index (χ0n) is 9.44. The van der Waals surface area contributed by atoms with E-state index in [1.165, 1.54) is 16.9 Å². The maximum absolute atomic E-state index is 12.4. The zero-order valence-corrected chi connectivity index (χ0v) is 10.3. The smallest absolute Gasteiger partial charge is 0.173 e. The Kier molecular flexibility index (Phi) is 3.34. The first-order valence-electron chi connectivity index (χ1n) is 5.13. The predicted octanol–water partition coefficient (Wildman–Crippen LogP) is 3.02. The van der Waals surface area contributed by atoms with E-state index >= 15 is 0 Å². The monoisotopic (exact) mass is 273 g/mol. The third-order valence-electron chi connectivity index (χ3n) is 2.45. The largest absolute Gasteiger partial charge is 0.416 e. The third kappa shape index (κ3) is 2.50. The van der Waals surface area contributed by atoms with Gasteiger partial charge in [0.1, 0.15) is 0 Å². The van der Waals surface area contributed by atoms with Crippen LogP contribution in [0.1, 0.15) is 17.0 Å². The summed E-state index contributed by atoms with van der Waals surface area (Å²) in [6.07, 6.45) is -4.33. The van der Waals surface area contributed by atoms with Gasteiger partial charge in [0.15, 0.2) is 0 Å². The summed E-state index contributed by atoms with van der Waals surface area (Å²) in [4.78, 5) is 1.31. The van der Waals surface area contributed by atoms with Crippen molar-refractivity contribution in [3.63, 3.8) is 0 Å². The number of hydrogen-bond acceptors (Lipinski definition) is 3. The van der Waals surface area contributed by atoms with Crippen LogP contribution in [0.3, 0.4) is 0 Å². The molecule has 7 heteroatoms. The van der Waals surface area contributed by atoms with E-state index in [4.69, 9.17) is 0 Å². The van der Waals surface area contributed by atoms with E-state index in [-0.39, 0.29) is 0 Å². The van der Waals surface area contributed by atoms with Crippen LogP contribution in [0.2, 0.25) is 0 Å². The molecule has 0 saturated heterocycles. The normalized spacial score (nSPS) is 11.8. The molecule has 2 aromatic rings. The molecule has 0 spiro atoms. The van der Waals surface area contributed by atoms with Gasteiger partial charge in [-0.3, -0.25) is 0 Å². The van der Waals surface area contributed by atoms with Crippen LogP contribution in [-0.4, -0.2) is 15.0 Å². The van der Waals surface area contributed by atoms with Crippen LogP contribution in [0.5, 0.6) is 0 Å². The van der Waals surface area contributed by atoms with Crippen LogP contribution in [0.25, 0.3) is 5.69 Å².